The summed E-state index contributed by atoms with van der Waals surface area (Å²) in [4.78, 5) is 23.3. The maximum Gasteiger partial charge on any atom is 0.347 e. The molecule has 0 aliphatic carbocycles. The normalized spacial score (nSPS) is 10.6. The van der Waals surface area contributed by atoms with Crippen molar-refractivity contribution < 1.29 is 41.8 Å². The number of carbonyl (C=O) groups is 2. The van der Waals surface area contributed by atoms with Crippen LogP contribution in [0.4, 0.5) is 0 Å². The van der Waals surface area contributed by atoms with Crippen LogP contribution in [0.15, 0.2) is 48.5 Å². The molecule has 0 amide bonds. The van der Waals surface area contributed by atoms with E-state index in [1.54, 1.807) is 48.5 Å². The minimum atomic E-state index is -1.33. The SMILES string of the molecule is CC(C)(Oc1ccc(C(=O)c2ccc(Cl)cc2)cc1)C(=O)O.[Ag]. The van der Waals surface area contributed by atoms with Gasteiger partial charge < -0.3 is 9.84 Å². The summed E-state index contributed by atoms with van der Waals surface area (Å²) in [7, 11) is 0. The fourth-order valence-corrected chi connectivity index (χ4v) is 1.91. The number of ether oxygens (including phenoxy) is 1. The Morgan fingerprint density at radius 2 is 1.39 bits per heavy atom. The first-order chi connectivity index (χ1) is 10.3. The van der Waals surface area contributed by atoms with E-state index in [-0.39, 0.29) is 28.2 Å². The molecule has 0 saturated carbocycles. The van der Waals surface area contributed by atoms with Crippen molar-refractivity contribution in [1.29, 1.82) is 0 Å². The van der Waals surface area contributed by atoms with Gasteiger partial charge >= 0.3 is 5.97 Å². The van der Waals surface area contributed by atoms with Crippen molar-refractivity contribution in [2.24, 2.45) is 0 Å². The van der Waals surface area contributed by atoms with Crippen LogP contribution in [0.3, 0.4) is 0 Å². The molecule has 0 unspecified atom stereocenters. The van der Waals surface area contributed by atoms with Gasteiger partial charge in [0.2, 0.25) is 0 Å². The molecule has 125 valence electrons. The molecule has 0 atom stereocenters. The number of aliphatic carboxylic acids is 1. The van der Waals surface area contributed by atoms with Crippen LogP contribution in [0.1, 0.15) is 29.8 Å². The van der Waals surface area contributed by atoms with E-state index >= 15 is 0 Å². The quantitative estimate of drug-likeness (QED) is 0.583. The van der Waals surface area contributed by atoms with Crippen LogP contribution < -0.4 is 4.74 Å². The summed E-state index contributed by atoms with van der Waals surface area (Å²) in [6.45, 7) is 2.92. The predicted molar refractivity (Wildman–Crippen MR) is 83.7 cm³/mol. The molecule has 6 heteroatoms. The summed E-state index contributed by atoms with van der Waals surface area (Å²) >= 11 is 5.79. The van der Waals surface area contributed by atoms with Crippen LogP contribution in [-0.4, -0.2) is 22.5 Å². The summed E-state index contributed by atoms with van der Waals surface area (Å²) in [5.41, 5.74) is -0.312. The smallest absolute Gasteiger partial charge is 0.347 e. The van der Waals surface area contributed by atoms with Crippen LogP contribution in [-0.2, 0) is 27.2 Å². The molecule has 0 bridgehead atoms. The van der Waals surface area contributed by atoms with Gasteiger partial charge in [-0.25, -0.2) is 4.79 Å². The van der Waals surface area contributed by atoms with Crippen LogP contribution in [0.25, 0.3) is 0 Å². The Morgan fingerprint density at radius 1 is 0.957 bits per heavy atom. The number of halogens is 1. The third kappa shape index (κ3) is 4.94. The van der Waals surface area contributed by atoms with Crippen LogP contribution in [0.5, 0.6) is 5.75 Å². The van der Waals surface area contributed by atoms with Crippen LogP contribution >= 0.6 is 11.6 Å². The molecule has 0 fully saturated rings. The molecular formula is C17H15AgClO4. The summed E-state index contributed by atoms with van der Waals surface area (Å²) in [5, 5.41) is 9.59. The Morgan fingerprint density at radius 3 is 1.83 bits per heavy atom. The first-order valence-corrected chi connectivity index (χ1v) is 7.00. The first-order valence-electron chi connectivity index (χ1n) is 6.62. The van der Waals surface area contributed by atoms with E-state index in [2.05, 4.69) is 0 Å². The van der Waals surface area contributed by atoms with Gasteiger partial charge in [-0.15, -0.1) is 0 Å². The topological polar surface area (TPSA) is 63.6 Å². The number of carboxylic acids is 1. The van der Waals surface area contributed by atoms with Crippen molar-refractivity contribution >= 4 is 23.4 Å². The largest absolute Gasteiger partial charge is 0.478 e. The molecule has 1 radical (unpaired) electrons. The Kier molecular flexibility index (Phi) is 6.59. The van der Waals surface area contributed by atoms with Gasteiger partial charge in [0.1, 0.15) is 5.75 Å². The molecule has 4 nitrogen and oxygen atoms in total. The molecule has 23 heavy (non-hydrogen) atoms. The van der Waals surface area contributed by atoms with Crippen molar-refractivity contribution in [3.8, 4) is 5.75 Å². The van der Waals surface area contributed by atoms with Gasteiger partial charge in [0.05, 0.1) is 0 Å². The third-order valence-corrected chi connectivity index (χ3v) is 3.36. The number of carboxylic acid groups (broad SMARTS) is 1. The van der Waals surface area contributed by atoms with Crippen LogP contribution in [0.2, 0.25) is 5.02 Å². The number of ketones is 1. The van der Waals surface area contributed by atoms with E-state index in [0.717, 1.165) is 0 Å². The van der Waals surface area contributed by atoms with E-state index in [1.165, 1.54) is 13.8 Å². The van der Waals surface area contributed by atoms with Gasteiger partial charge in [-0.1, -0.05) is 11.6 Å². The number of rotatable bonds is 5. The number of hydrogen-bond donors (Lipinski definition) is 1. The summed E-state index contributed by atoms with van der Waals surface area (Å²) in [6.07, 6.45) is 0. The zero-order chi connectivity index (χ0) is 16.3. The van der Waals surface area contributed by atoms with Crippen LogP contribution in [0, 0.1) is 0 Å². The molecule has 2 rings (SSSR count). The van der Waals surface area contributed by atoms with Gasteiger partial charge in [0.25, 0.3) is 0 Å². The molecule has 2 aromatic carbocycles. The Hall–Kier alpha value is -1.59. The molecule has 0 aromatic heterocycles. The summed E-state index contributed by atoms with van der Waals surface area (Å²) in [6, 6.07) is 13.0. The molecule has 0 aliphatic rings. The molecule has 0 aliphatic heterocycles. The Balaban J connectivity index is 0.00000264. The summed E-state index contributed by atoms with van der Waals surface area (Å²) < 4.78 is 5.39. The van der Waals surface area contributed by atoms with Crippen molar-refractivity contribution in [3.63, 3.8) is 0 Å². The van der Waals surface area contributed by atoms with Crippen molar-refractivity contribution in [2.45, 2.75) is 19.4 Å². The third-order valence-electron chi connectivity index (χ3n) is 3.11. The first kappa shape index (κ1) is 19.5. The second-order valence-electron chi connectivity index (χ2n) is 5.28. The average Bonchev–Trinajstić information content (AvgIpc) is 2.47. The minimum Gasteiger partial charge on any atom is -0.478 e. The van der Waals surface area contributed by atoms with Gasteiger partial charge in [0.15, 0.2) is 11.4 Å². The Bertz CT molecular complexity index is 694. The van der Waals surface area contributed by atoms with Crippen molar-refractivity contribution in [3.05, 3.63) is 64.7 Å². The number of hydrogen-bond acceptors (Lipinski definition) is 3. The van der Waals surface area contributed by atoms with E-state index < -0.39 is 11.6 Å². The molecular weight excluding hydrogens is 412 g/mol. The van der Waals surface area contributed by atoms with E-state index in [9.17, 15) is 9.59 Å². The maximum absolute atomic E-state index is 12.3. The second kappa shape index (κ2) is 7.79. The zero-order valence-corrected chi connectivity index (χ0v) is 14.7. The van der Waals surface area contributed by atoms with Gasteiger partial charge in [-0.2, -0.15) is 0 Å². The number of carbonyl (C=O) groups excluding carboxylic acids is 1. The standard InChI is InChI=1S/C17H15ClO4.Ag/c1-17(2,16(20)21)22-14-9-5-12(6-10-14)15(19)11-3-7-13(18)8-4-11;/h3-10H,1-2H3,(H,20,21);. The Labute approximate surface area is 154 Å². The van der Waals surface area contributed by atoms with E-state index in [4.69, 9.17) is 21.4 Å². The van der Waals surface area contributed by atoms with Gasteiger partial charge in [0, 0.05) is 38.5 Å². The fraction of sp³-hybridized carbons (Fsp3) is 0.176. The zero-order valence-electron chi connectivity index (χ0n) is 12.5. The number of benzene rings is 2. The van der Waals surface area contributed by atoms with Crippen molar-refractivity contribution in [1.82, 2.24) is 0 Å². The van der Waals surface area contributed by atoms with E-state index in [1.807, 2.05) is 0 Å². The molecule has 0 saturated heterocycles. The molecule has 0 heterocycles. The maximum atomic E-state index is 12.3. The fourth-order valence-electron chi connectivity index (χ4n) is 1.78. The predicted octanol–water partition coefficient (Wildman–Crippen LogP) is 3.81. The molecule has 0 spiro atoms. The summed E-state index contributed by atoms with van der Waals surface area (Å²) in [5.74, 6) is -0.811. The molecule has 1 N–H and O–H groups in total. The van der Waals surface area contributed by atoms with Gasteiger partial charge in [-0.05, 0) is 62.4 Å². The minimum absolute atomic E-state index is 0. The van der Waals surface area contributed by atoms with Gasteiger partial charge in [-0.3, -0.25) is 4.79 Å². The molecule has 2 aromatic rings. The second-order valence-corrected chi connectivity index (χ2v) is 5.71. The average molecular weight is 427 g/mol. The van der Waals surface area contributed by atoms with Crippen molar-refractivity contribution in [2.75, 3.05) is 0 Å². The van der Waals surface area contributed by atoms with E-state index in [0.29, 0.717) is 21.9 Å². The monoisotopic (exact) mass is 425 g/mol.